The molecule has 3 heterocycles. The van der Waals surface area contributed by atoms with E-state index in [1.165, 1.54) is 10.9 Å². The van der Waals surface area contributed by atoms with Crippen LogP contribution in [0.3, 0.4) is 0 Å². The summed E-state index contributed by atoms with van der Waals surface area (Å²) in [5, 5.41) is 29.0. The van der Waals surface area contributed by atoms with Crippen LogP contribution in [0.4, 0.5) is 5.82 Å². The highest BCUT2D eigenvalue weighted by Crippen LogP contribution is 2.30. The summed E-state index contributed by atoms with van der Waals surface area (Å²) in [4.78, 5) is 12.2. The van der Waals surface area contributed by atoms with Gasteiger partial charge in [-0.1, -0.05) is 0 Å². The molecule has 106 valence electrons. The van der Waals surface area contributed by atoms with Crippen molar-refractivity contribution in [2.45, 2.75) is 24.5 Å². The fraction of sp³-hybridized carbons (Fsp3) is 0.500. The quantitative estimate of drug-likeness (QED) is 0.411. The molecule has 0 radical (unpaired) electrons. The van der Waals surface area contributed by atoms with E-state index in [1.807, 2.05) is 0 Å². The number of hydrogen-bond acceptors (Lipinski definition) is 8. The number of nitrogens with two attached hydrogens (primary N) is 1. The molecule has 0 saturated carbocycles. The van der Waals surface area contributed by atoms with Crippen molar-refractivity contribution in [1.82, 2.24) is 19.5 Å². The molecule has 2 aromatic heterocycles. The van der Waals surface area contributed by atoms with E-state index in [1.54, 1.807) is 7.85 Å². The number of aromatic nitrogens is 4. The molecular formula is C10H14BN5O4. The third-order valence-corrected chi connectivity index (χ3v) is 3.45. The second-order valence-corrected chi connectivity index (χ2v) is 4.69. The maximum Gasteiger partial charge on any atom is 0.186 e. The lowest BCUT2D eigenvalue weighted by Gasteiger charge is -2.18. The molecule has 0 spiro atoms. The van der Waals surface area contributed by atoms with E-state index in [4.69, 9.17) is 15.6 Å². The standard InChI is InChI=1S/C10H14BN5O4/c11-10-15-4-7(12)13-2-14-8(4)16(10)9-6(19)5(18)3(1-17)20-9/h2-3,5-6,9,17-19H,1,11H2,(H2,12,13,14)/t3-,5-,6-,9-/m1/s1. The van der Waals surface area contributed by atoms with E-state index >= 15 is 0 Å². The van der Waals surface area contributed by atoms with Crippen LogP contribution in [0.1, 0.15) is 6.23 Å². The first kappa shape index (κ1) is 13.2. The second-order valence-electron chi connectivity index (χ2n) is 4.69. The van der Waals surface area contributed by atoms with Crippen LogP contribution in [0, 0.1) is 0 Å². The Labute approximate surface area is 114 Å². The van der Waals surface area contributed by atoms with Gasteiger partial charge in [0.15, 0.2) is 25.5 Å². The molecule has 1 fully saturated rings. The molecule has 20 heavy (non-hydrogen) atoms. The van der Waals surface area contributed by atoms with Gasteiger partial charge in [-0.25, -0.2) is 15.0 Å². The zero-order valence-corrected chi connectivity index (χ0v) is 10.7. The lowest BCUT2D eigenvalue weighted by atomic mass is 10.1. The molecule has 1 saturated heterocycles. The number of imidazole rings is 1. The minimum atomic E-state index is -1.19. The maximum absolute atomic E-state index is 10.1. The number of anilines is 1. The highest BCUT2D eigenvalue weighted by molar-refractivity contribution is 6.30. The minimum absolute atomic E-state index is 0.226. The van der Waals surface area contributed by atoms with Gasteiger partial charge in [-0.15, -0.1) is 0 Å². The third-order valence-electron chi connectivity index (χ3n) is 3.45. The van der Waals surface area contributed by atoms with Crippen molar-refractivity contribution in [3.8, 4) is 0 Å². The summed E-state index contributed by atoms with van der Waals surface area (Å²) in [5.41, 5.74) is 7.06. The van der Waals surface area contributed by atoms with E-state index < -0.39 is 31.1 Å². The van der Waals surface area contributed by atoms with Crippen LogP contribution in [-0.2, 0) is 4.74 Å². The van der Waals surface area contributed by atoms with E-state index in [-0.39, 0.29) is 5.82 Å². The van der Waals surface area contributed by atoms with Crippen LogP contribution in [0.2, 0.25) is 0 Å². The molecule has 0 aromatic carbocycles. The van der Waals surface area contributed by atoms with Gasteiger partial charge in [0.25, 0.3) is 0 Å². The molecule has 9 nitrogen and oxygen atoms in total. The molecule has 0 unspecified atom stereocenters. The molecule has 1 aliphatic heterocycles. The van der Waals surface area contributed by atoms with E-state index in [2.05, 4.69) is 15.0 Å². The van der Waals surface area contributed by atoms with Crippen LogP contribution in [0.15, 0.2) is 6.33 Å². The zero-order valence-electron chi connectivity index (χ0n) is 10.7. The van der Waals surface area contributed by atoms with Crippen molar-refractivity contribution in [2.75, 3.05) is 12.3 Å². The maximum atomic E-state index is 10.1. The van der Waals surface area contributed by atoms with Crippen LogP contribution in [0.5, 0.6) is 0 Å². The molecule has 2 aromatic rings. The van der Waals surface area contributed by atoms with Crippen molar-refractivity contribution >= 4 is 30.6 Å². The number of aliphatic hydroxyl groups is 3. The Bertz CT molecular complexity index is 650. The van der Waals surface area contributed by atoms with Crippen LogP contribution >= 0.6 is 0 Å². The van der Waals surface area contributed by atoms with E-state index in [0.717, 1.165) is 0 Å². The number of fused-ring (bicyclic) bond motifs is 1. The molecule has 4 atom stereocenters. The van der Waals surface area contributed by atoms with Gasteiger partial charge in [-0.3, -0.25) is 4.57 Å². The Morgan fingerprint density at radius 1 is 1.35 bits per heavy atom. The summed E-state index contributed by atoms with van der Waals surface area (Å²) in [7, 11) is 1.70. The molecular weight excluding hydrogens is 265 g/mol. The average Bonchev–Trinajstić information content (AvgIpc) is 2.90. The Balaban J connectivity index is 2.11. The first-order valence-electron chi connectivity index (χ1n) is 6.12. The zero-order chi connectivity index (χ0) is 14.4. The number of nitrogens with zero attached hydrogens (tertiary/aromatic N) is 4. The van der Waals surface area contributed by atoms with Gasteiger partial charge in [0.1, 0.15) is 30.2 Å². The van der Waals surface area contributed by atoms with Gasteiger partial charge in [0.05, 0.1) is 12.3 Å². The Morgan fingerprint density at radius 2 is 2.10 bits per heavy atom. The summed E-state index contributed by atoms with van der Waals surface area (Å²) in [6, 6.07) is 0. The summed E-state index contributed by atoms with van der Waals surface area (Å²) in [6.45, 7) is -0.391. The van der Waals surface area contributed by atoms with Gasteiger partial charge in [-0.05, 0) is 0 Å². The molecule has 0 bridgehead atoms. The molecule has 0 aliphatic carbocycles. The number of nitrogen functional groups attached to an aromatic ring is 1. The van der Waals surface area contributed by atoms with Crippen LogP contribution < -0.4 is 11.5 Å². The number of ether oxygens (including phenoxy) is 1. The van der Waals surface area contributed by atoms with Gasteiger partial charge in [0, 0.05) is 0 Å². The predicted molar refractivity (Wildman–Crippen MR) is 70.9 cm³/mol. The number of hydrogen-bond donors (Lipinski definition) is 4. The monoisotopic (exact) mass is 279 g/mol. The number of rotatable bonds is 2. The summed E-state index contributed by atoms with van der Waals surface area (Å²) in [6.07, 6.45) is -2.83. The largest absolute Gasteiger partial charge is 0.394 e. The normalized spacial score (nSPS) is 30.1. The Kier molecular flexibility index (Phi) is 3.09. The van der Waals surface area contributed by atoms with Crippen molar-refractivity contribution in [3.63, 3.8) is 0 Å². The topological polar surface area (TPSA) is 140 Å². The molecule has 0 amide bonds. The van der Waals surface area contributed by atoms with Crippen LogP contribution in [0.25, 0.3) is 11.2 Å². The fourth-order valence-corrected chi connectivity index (χ4v) is 2.43. The molecule has 5 N–H and O–H groups in total. The highest BCUT2D eigenvalue weighted by atomic mass is 16.6. The Hall–Kier alpha value is -1.75. The second kappa shape index (κ2) is 4.67. The van der Waals surface area contributed by atoms with Crippen molar-refractivity contribution in [3.05, 3.63) is 6.33 Å². The van der Waals surface area contributed by atoms with Gasteiger partial charge in [-0.2, -0.15) is 0 Å². The summed E-state index contributed by atoms with van der Waals surface area (Å²) in [5.74, 6) is 0.226. The van der Waals surface area contributed by atoms with Crippen molar-refractivity contribution in [2.24, 2.45) is 0 Å². The van der Waals surface area contributed by atoms with Gasteiger partial charge in [0.2, 0.25) is 0 Å². The van der Waals surface area contributed by atoms with Crippen molar-refractivity contribution < 1.29 is 20.1 Å². The number of aliphatic hydroxyl groups excluding tert-OH is 3. The van der Waals surface area contributed by atoms with Crippen molar-refractivity contribution in [1.29, 1.82) is 0 Å². The SMILES string of the molecule is Bc1nc2c(N)ncnc2n1[C@@H]1O[C@H](CO)[C@@H](O)[C@H]1O. The summed E-state index contributed by atoms with van der Waals surface area (Å²) < 4.78 is 7.02. The lowest BCUT2D eigenvalue weighted by Crippen LogP contribution is -2.35. The van der Waals surface area contributed by atoms with Crippen LogP contribution in [-0.4, -0.2) is 67.6 Å². The first-order valence-corrected chi connectivity index (χ1v) is 6.12. The predicted octanol–water partition coefficient (Wildman–Crippen LogP) is -3.72. The first-order chi connectivity index (χ1) is 9.54. The Morgan fingerprint density at radius 3 is 2.75 bits per heavy atom. The minimum Gasteiger partial charge on any atom is -0.394 e. The molecule has 3 rings (SSSR count). The third kappa shape index (κ3) is 1.77. The average molecular weight is 279 g/mol. The summed E-state index contributed by atoms with van der Waals surface area (Å²) >= 11 is 0. The lowest BCUT2D eigenvalue weighted by molar-refractivity contribution is -0.0497. The molecule has 1 aliphatic rings. The van der Waals surface area contributed by atoms with E-state index in [9.17, 15) is 10.2 Å². The van der Waals surface area contributed by atoms with Gasteiger partial charge >= 0.3 is 0 Å². The van der Waals surface area contributed by atoms with Gasteiger partial charge < -0.3 is 25.8 Å². The fourth-order valence-electron chi connectivity index (χ4n) is 2.43. The van der Waals surface area contributed by atoms with E-state index in [0.29, 0.717) is 16.9 Å². The molecule has 10 heteroatoms. The smallest absolute Gasteiger partial charge is 0.186 e. The highest BCUT2D eigenvalue weighted by Gasteiger charge is 2.44.